The van der Waals surface area contributed by atoms with Gasteiger partial charge in [-0.1, -0.05) is 36.4 Å². The molecule has 5 nitrogen and oxygen atoms in total. The number of hydrogen-bond donors (Lipinski definition) is 0. The van der Waals surface area contributed by atoms with E-state index in [-0.39, 0.29) is 23.3 Å². The van der Waals surface area contributed by atoms with Crippen LogP contribution < -0.4 is 4.74 Å². The van der Waals surface area contributed by atoms with Gasteiger partial charge in [-0.15, -0.1) is 6.58 Å². The van der Waals surface area contributed by atoms with Gasteiger partial charge in [0.1, 0.15) is 5.75 Å². The summed E-state index contributed by atoms with van der Waals surface area (Å²) in [6, 6.07) is 17.7. The first-order chi connectivity index (χ1) is 15.9. The monoisotopic (exact) mass is 446 g/mol. The topological polar surface area (TPSA) is 49.9 Å². The molecule has 174 valence electrons. The second-order valence-corrected chi connectivity index (χ2v) is 9.49. The number of nitrogens with zero attached hydrogens (tertiary/aromatic N) is 2. The van der Waals surface area contributed by atoms with Gasteiger partial charge < -0.3 is 9.64 Å². The third-order valence-corrected chi connectivity index (χ3v) is 7.53. The Kier molecular flexibility index (Phi) is 6.99. The van der Waals surface area contributed by atoms with Crippen molar-refractivity contribution in [2.75, 3.05) is 26.7 Å². The molecule has 0 aromatic heterocycles. The fourth-order valence-electron chi connectivity index (χ4n) is 5.85. The number of amides is 1. The molecule has 2 fully saturated rings. The first kappa shape index (κ1) is 23.2. The molecule has 1 heterocycles. The number of fused-ring (bicyclic) bond motifs is 1. The molecular weight excluding hydrogens is 412 g/mol. The Morgan fingerprint density at radius 1 is 1.18 bits per heavy atom. The van der Waals surface area contributed by atoms with Crippen LogP contribution in [0.1, 0.15) is 48.5 Å². The second-order valence-electron chi connectivity index (χ2n) is 9.49. The highest BCUT2D eigenvalue weighted by molar-refractivity contribution is 5.94. The average Bonchev–Trinajstić information content (AvgIpc) is 2.83. The highest BCUT2D eigenvalue weighted by Crippen LogP contribution is 2.50. The lowest BCUT2D eigenvalue weighted by molar-refractivity contribution is -0.131. The van der Waals surface area contributed by atoms with Gasteiger partial charge in [-0.05, 0) is 68.0 Å². The molecule has 1 saturated carbocycles. The zero-order valence-corrected chi connectivity index (χ0v) is 19.7. The zero-order chi connectivity index (χ0) is 23.4. The lowest BCUT2D eigenvalue weighted by Crippen LogP contribution is -2.56. The Morgan fingerprint density at radius 2 is 1.97 bits per heavy atom. The lowest BCUT2D eigenvalue weighted by Gasteiger charge is -2.54. The van der Waals surface area contributed by atoms with Gasteiger partial charge in [-0.25, -0.2) is 0 Å². The molecule has 3 atom stereocenters. The summed E-state index contributed by atoms with van der Waals surface area (Å²) in [6.45, 7) is 8.26. The number of likely N-dealkylation sites (tertiary alicyclic amines) is 1. The van der Waals surface area contributed by atoms with Crippen LogP contribution in [0.25, 0.3) is 0 Å². The maximum Gasteiger partial charge on any atom is 0.308 e. The molecule has 1 aliphatic heterocycles. The van der Waals surface area contributed by atoms with Gasteiger partial charge >= 0.3 is 5.97 Å². The van der Waals surface area contributed by atoms with E-state index >= 15 is 0 Å². The highest BCUT2D eigenvalue weighted by atomic mass is 16.5. The Hall–Kier alpha value is -2.92. The summed E-state index contributed by atoms with van der Waals surface area (Å²) in [5.41, 5.74) is 1.89. The number of carbonyl (C=O) groups is 2. The van der Waals surface area contributed by atoms with Crippen LogP contribution in [0.5, 0.6) is 5.75 Å². The van der Waals surface area contributed by atoms with Gasteiger partial charge in [0.25, 0.3) is 5.91 Å². The summed E-state index contributed by atoms with van der Waals surface area (Å²) in [6.07, 6.45) is 5.96. The van der Waals surface area contributed by atoms with E-state index in [1.54, 1.807) is 0 Å². The van der Waals surface area contributed by atoms with E-state index in [0.717, 1.165) is 50.9 Å². The largest absolute Gasteiger partial charge is 0.427 e. The van der Waals surface area contributed by atoms with Gasteiger partial charge in [-0.3, -0.25) is 14.5 Å². The van der Waals surface area contributed by atoms with Crippen molar-refractivity contribution in [1.29, 1.82) is 0 Å². The number of rotatable bonds is 6. The van der Waals surface area contributed by atoms with E-state index < -0.39 is 0 Å². The number of hydrogen-bond acceptors (Lipinski definition) is 4. The molecule has 2 aromatic rings. The molecule has 2 aliphatic rings. The molecule has 0 bridgehead atoms. The molecule has 33 heavy (non-hydrogen) atoms. The minimum absolute atomic E-state index is 0.0536. The molecule has 2 unspecified atom stereocenters. The third kappa shape index (κ3) is 4.88. The van der Waals surface area contributed by atoms with E-state index in [1.807, 2.05) is 66.6 Å². The minimum Gasteiger partial charge on any atom is -0.427 e. The molecule has 0 N–H and O–H groups in total. The van der Waals surface area contributed by atoms with E-state index in [2.05, 4.69) is 17.5 Å². The molecule has 4 rings (SSSR count). The Bertz CT molecular complexity index is 1010. The van der Waals surface area contributed by atoms with Crippen molar-refractivity contribution in [3.63, 3.8) is 0 Å². The number of benzene rings is 2. The number of piperidine rings is 1. The fourth-order valence-corrected chi connectivity index (χ4v) is 5.85. The average molecular weight is 447 g/mol. The molecule has 0 spiro atoms. The molecule has 1 aliphatic carbocycles. The van der Waals surface area contributed by atoms with E-state index in [0.29, 0.717) is 11.7 Å². The van der Waals surface area contributed by atoms with Crippen LogP contribution in [0.15, 0.2) is 67.3 Å². The summed E-state index contributed by atoms with van der Waals surface area (Å²) < 4.78 is 5.43. The van der Waals surface area contributed by atoms with Gasteiger partial charge in [0.2, 0.25) is 0 Å². The number of esters is 1. The van der Waals surface area contributed by atoms with Gasteiger partial charge in [0.15, 0.2) is 0 Å². The number of ether oxygens (including phenoxy) is 1. The predicted octanol–water partition coefficient (Wildman–Crippen LogP) is 4.68. The van der Waals surface area contributed by atoms with Crippen LogP contribution in [0, 0.1) is 5.92 Å². The van der Waals surface area contributed by atoms with Crippen molar-refractivity contribution >= 4 is 11.9 Å². The molecule has 2 aromatic carbocycles. The standard InChI is InChI=1S/C28H34N2O3/c1-4-16-30-17-15-28(23-11-8-12-26(18-23)33-21(2)31)19-25(14-13-24(28)20-30)29(3)27(32)22-9-6-5-7-10-22/h4-12,18,24-25H,1,13-17,19-20H2,2-3H3/t24?,25-,28?/m1/s1. The smallest absolute Gasteiger partial charge is 0.308 e. The van der Waals surface area contributed by atoms with Crippen molar-refractivity contribution in [2.24, 2.45) is 5.92 Å². The van der Waals surface area contributed by atoms with Crippen molar-refractivity contribution in [3.05, 3.63) is 78.4 Å². The normalized spacial score (nSPS) is 25.0. The predicted molar refractivity (Wildman–Crippen MR) is 130 cm³/mol. The Balaban J connectivity index is 1.64. The summed E-state index contributed by atoms with van der Waals surface area (Å²) in [5.74, 6) is 0.844. The summed E-state index contributed by atoms with van der Waals surface area (Å²) >= 11 is 0. The van der Waals surface area contributed by atoms with Crippen LogP contribution in [0.3, 0.4) is 0 Å². The fraction of sp³-hybridized carbons (Fsp3) is 0.429. The number of carbonyl (C=O) groups excluding carboxylic acids is 2. The van der Waals surface area contributed by atoms with Gasteiger partial charge in [0, 0.05) is 44.1 Å². The quantitative estimate of drug-likeness (QED) is 0.367. The second kappa shape index (κ2) is 9.92. The van der Waals surface area contributed by atoms with Crippen LogP contribution in [-0.2, 0) is 10.2 Å². The summed E-state index contributed by atoms with van der Waals surface area (Å²) in [5, 5.41) is 0. The molecule has 1 saturated heterocycles. The maximum absolute atomic E-state index is 13.2. The lowest BCUT2D eigenvalue weighted by atomic mass is 9.57. The van der Waals surface area contributed by atoms with Crippen molar-refractivity contribution in [2.45, 2.75) is 44.1 Å². The zero-order valence-electron chi connectivity index (χ0n) is 19.7. The molecule has 5 heteroatoms. The van der Waals surface area contributed by atoms with Crippen LogP contribution >= 0.6 is 0 Å². The third-order valence-electron chi connectivity index (χ3n) is 7.53. The van der Waals surface area contributed by atoms with E-state index in [1.165, 1.54) is 12.5 Å². The Morgan fingerprint density at radius 3 is 2.70 bits per heavy atom. The van der Waals surface area contributed by atoms with Gasteiger partial charge in [0.05, 0.1) is 0 Å². The first-order valence-corrected chi connectivity index (χ1v) is 11.9. The van der Waals surface area contributed by atoms with Crippen LogP contribution in [0.2, 0.25) is 0 Å². The molecular formula is C28H34N2O3. The van der Waals surface area contributed by atoms with E-state index in [9.17, 15) is 9.59 Å². The van der Waals surface area contributed by atoms with Crippen molar-refractivity contribution in [3.8, 4) is 5.75 Å². The molecule has 0 radical (unpaired) electrons. The van der Waals surface area contributed by atoms with Crippen LogP contribution in [-0.4, -0.2) is 54.4 Å². The Labute approximate surface area is 197 Å². The first-order valence-electron chi connectivity index (χ1n) is 11.9. The summed E-state index contributed by atoms with van der Waals surface area (Å²) in [4.78, 5) is 29.2. The minimum atomic E-state index is -0.309. The highest BCUT2D eigenvalue weighted by Gasteiger charge is 2.49. The van der Waals surface area contributed by atoms with Gasteiger partial charge in [-0.2, -0.15) is 0 Å². The van der Waals surface area contributed by atoms with E-state index in [4.69, 9.17) is 4.74 Å². The molecule has 1 amide bonds. The SMILES string of the molecule is C=CCN1CCC2(c3cccc(OC(C)=O)c3)C[C@H](N(C)C(=O)c3ccccc3)CCC2C1. The van der Waals surface area contributed by atoms with Crippen molar-refractivity contribution in [1.82, 2.24) is 9.80 Å². The summed E-state index contributed by atoms with van der Waals surface area (Å²) in [7, 11) is 1.94. The van der Waals surface area contributed by atoms with Crippen LogP contribution in [0.4, 0.5) is 0 Å². The van der Waals surface area contributed by atoms with Crippen molar-refractivity contribution < 1.29 is 14.3 Å². The maximum atomic E-state index is 13.2.